The van der Waals surface area contributed by atoms with Crippen LogP contribution in [0.1, 0.15) is 18.0 Å². The Kier molecular flexibility index (Phi) is 4.16. The number of halogens is 1. The van der Waals surface area contributed by atoms with E-state index >= 15 is 0 Å². The maximum atomic E-state index is 13.5. The van der Waals surface area contributed by atoms with Crippen molar-refractivity contribution >= 4 is 29.1 Å². The Morgan fingerprint density at radius 3 is 2.32 bits per heavy atom. The fourth-order valence-corrected chi connectivity index (χ4v) is 4.97. The Balaban J connectivity index is 1.60. The summed E-state index contributed by atoms with van der Waals surface area (Å²) >= 11 is 5.98. The molecule has 3 fully saturated rings. The summed E-state index contributed by atoms with van der Waals surface area (Å²) in [5.74, 6) is -0.0470. The first kappa shape index (κ1) is 17.7. The summed E-state index contributed by atoms with van der Waals surface area (Å²) in [5.41, 5.74) is 1.52. The predicted molar refractivity (Wildman–Crippen MR) is 105 cm³/mol. The van der Waals surface area contributed by atoms with Crippen LogP contribution < -0.4 is 9.64 Å². The number of amides is 2. The number of para-hydroxylation sites is 1. The van der Waals surface area contributed by atoms with E-state index in [1.54, 1.807) is 31.4 Å². The van der Waals surface area contributed by atoms with E-state index in [2.05, 4.69) is 10.0 Å². The zero-order chi connectivity index (χ0) is 19.4. The molecule has 3 saturated heterocycles. The van der Waals surface area contributed by atoms with E-state index in [1.165, 1.54) is 4.90 Å². The Hall–Kier alpha value is -2.41. The number of imide groups is 1. The quantitative estimate of drug-likeness (QED) is 0.745. The number of methoxy groups -OCH3 is 1. The molecule has 3 aliphatic rings. The number of carbonyl (C=O) groups is 2. The summed E-state index contributed by atoms with van der Waals surface area (Å²) in [5, 5.41) is 4.83. The molecule has 0 bridgehead atoms. The molecule has 0 N–H and O–H groups in total. The topological polar surface area (TPSA) is 53.1 Å². The lowest BCUT2D eigenvalue weighted by molar-refractivity contribution is -0.126. The third-order valence-electron chi connectivity index (χ3n) is 5.95. The van der Waals surface area contributed by atoms with Crippen LogP contribution in [-0.2, 0) is 9.59 Å². The van der Waals surface area contributed by atoms with Gasteiger partial charge in [0.25, 0.3) is 5.91 Å². The van der Waals surface area contributed by atoms with Gasteiger partial charge in [-0.25, -0.2) is 14.9 Å². The molecule has 28 heavy (non-hydrogen) atoms. The van der Waals surface area contributed by atoms with Crippen LogP contribution in [0.4, 0.5) is 5.69 Å². The third-order valence-corrected chi connectivity index (χ3v) is 6.20. The number of nitrogens with zero attached hydrogens (tertiary/aromatic N) is 3. The highest BCUT2D eigenvalue weighted by Crippen LogP contribution is 2.50. The molecule has 0 saturated carbocycles. The summed E-state index contributed by atoms with van der Waals surface area (Å²) in [7, 11) is 1.63. The van der Waals surface area contributed by atoms with Gasteiger partial charge < -0.3 is 4.74 Å². The van der Waals surface area contributed by atoms with E-state index in [4.69, 9.17) is 16.3 Å². The summed E-state index contributed by atoms with van der Waals surface area (Å²) in [6.45, 7) is 1.61. The fourth-order valence-electron chi connectivity index (χ4n) is 4.84. The Labute approximate surface area is 168 Å². The van der Waals surface area contributed by atoms with Gasteiger partial charge in [-0.3, -0.25) is 9.59 Å². The van der Waals surface area contributed by atoms with E-state index in [1.807, 2.05) is 24.3 Å². The van der Waals surface area contributed by atoms with E-state index in [0.717, 1.165) is 30.8 Å². The van der Waals surface area contributed by atoms with Gasteiger partial charge in [-0.1, -0.05) is 29.8 Å². The molecule has 0 aromatic heterocycles. The van der Waals surface area contributed by atoms with Crippen LogP contribution in [0.5, 0.6) is 5.75 Å². The predicted octanol–water partition coefficient (Wildman–Crippen LogP) is 2.88. The molecule has 5 rings (SSSR count). The van der Waals surface area contributed by atoms with E-state index in [0.29, 0.717) is 10.7 Å². The average molecular weight is 398 g/mol. The largest absolute Gasteiger partial charge is 0.496 e. The second-order valence-electron chi connectivity index (χ2n) is 7.33. The molecule has 144 valence electrons. The SMILES string of the molecule is COc1ccccc1[C@@H]1[C@H]2C(=O)N(c3ccc(Cl)cc3)C(=O)[C@H]2N2CCCN12. The van der Waals surface area contributed by atoms with Gasteiger partial charge in [0.05, 0.1) is 24.8 Å². The van der Waals surface area contributed by atoms with Gasteiger partial charge in [0.1, 0.15) is 11.8 Å². The first-order chi connectivity index (χ1) is 13.6. The zero-order valence-corrected chi connectivity index (χ0v) is 16.2. The van der Waals surface area contributed by atoms with E-state index in [-0.39, 0.29) is 17.9 Å². The molecule has 0 radical (unpaired) electrons. The van der Waals surface area contributed by atoms with Crippen LogP contribution in [0.25, 0.3) is 0 Å². The average Bonchev–Trinajstić information content (AvgIpc) is 3.35. The minimum Gasteiger partial charge on any atom is -0.496 e. The number of anilines is 1. The lowest BCUT2D eigenvalue weighted by Gasteiger charge is -2.30. The van der Waals surface area contributed by atoms with E-state index < -0.39 is 12.0 Å². The highest BCUT2D eigenvalue weighted by Gasteiger charge is 2.63. The molecule has 7 heteroatoms. The van der Waals surface area contributed by atoms with Crippen LogP contribution in [0.15, 0.2) is 48.5 Å². The number of fused-ring (bicyclic) bond motifs is 3. The summed E-state index contributed by atoms with van der Waals surface area (Å²) in [6, 6.07) is 13.9. The number of rotatable bonds is 3. The normalized spacial score (nSPS) is 27.4. The molecule has 0 aliphatic carbocycles. The number of hydrogen-bond acceptors (Lipinski definition) is 5. The number of carbonyl (C=O) groups excluding carboxylic acids is 2. The fraction of sp³-hybridized carbons (Fsp3) is 0.333. The lowest BCUT2D eigenvalue weighted by Crippen LogP contribution is -2.44. The minimum atomic E-state index is -0.472. The van der Waals surface area contributed by atoms with Gasteiger partial charge in [0.2, 0.25) is 5.91 Å². The maximum Gasteiger partial charge on any atom is 0.253 e. The highest BCUT2D eigenvalue weighted by molar-refractivity contribution is 6.31. The summed E-state index contributed by atoms with van der Waals surface area (Å²) < 4.78 is 5.57. The van der Waals surface area contributed by atoms with Crippen molar-refractivity contribution in [3.63, 3.8) is 0 Å². The van der Waals surface area contributed by atoms with Crippen LogP contribution in [0.2, 0.25) is 5.02 Å². The number of hydrogen-bond donors (Lipinski definition) is 0. The monoisotopic (exact) mass is 397 g/mol. The lowest BCUT2D eigenvalue weighted by atomic mass is 9.89. The van der Waals surface area contributed by atoms with Crippen LogP contribution >= 0.6 is 11.6 Å². The van der Waals surface area contributed by atoms with Crippen molar-refractivity contribution in [2.24, 2.45) is 5.92 Å². The summed E-state index contributed by atoms with van der Waals surface area (Å²) in [6.07, 6.45) is 0.970. The van der Waals surface area contributed by atoms with Crippen molar-refractivity contribution in [3.05, 3.63) is 59.1 Å². The van der Waals surface area contributed by atoms with Crippen molar-refractivity contribution < 1.29 is 14.3 Å². The first-order valence-electron chi connectivity index (χ1n) is 9.41. The van der Waals surface area contributed by atoms with Gasteiger partial charge in [-0.05, 0) is 36.8 Å². The van der Waals surface area contributed by atoms with Gasteiger partial charge in [-0.2, -0.15) is 0 Å². The van der Waals surface area contributed by atoms with Crippen molar-refractivity contribution in [2.75, 3.05) is 25.1 Å². The highest BCUT2D eigenvalue weighted by atomic mass is 35.5. The number of benzene rings is 2. The number of ether oxygens (including phenoxy) is 1. The van der Waals surface area contributed by atoms with Crippen molar-refractivity contribution in [1.82, 2.24) is 10.0 Å². The van der Waals surface area contributed by atoms with Gasteiger partial charge in [0, 0.05) is 23.7 Å². The summed E-state index contributed by atoms with van der Waals surface area (Å²) in [4.78, 5) is 28.1. The molecular weight excluding hydrogens is 378 g/mol. The molecule has 6 nitrogen and oxygen atoms in total. The minimum absolute atomic E-state index is 0.164. The Morgan fingerprint density at radius 2 is 1.61 bits per heavy atom. The molecule has 2 aromatic rings. The van der Waals surface area contributed by atoms with Crippen molar-refractivity contribution in [1.29, 1.82) is 0 Å². The smallest absolute Gasteiger partial charge is 0.253 e. The first-order valence-corrected chi connectivity index (χ1v) is 9.79. The van der Waals surface area contributed by atoms with Crippen molar-refractivity contribution in [3.8, 4) is 5.75 Å². The van der Waals surface area contributed by atoms with Crippen LogP contribution in [0.3, 0.4) is 0 Å². The second kappa shape index (κ2) is 6.58. The molecule has 2 amide bonds. The standard InChI is InChI=1S/C21H20ClN3O3/c1-28-16-6-3-2-5-15(16)18-17-19(24-12-4-11-23(18)24)21(27)25(20(17)26)14-9-7-13(22)8-10-14/h2-3,5-10,17-19H,4,11-12H2,1H3/t17-,18-,19+/m1/s1. The van der Waals surface area contributed by atoms with Crippen molar-refractivity contribution in [2.45, 2.75) is 18.5 Å². The maximum absolute atomic E-state index is 13.5. The van der Waals surface area contributed by atoms with Gasteiger partial charge in [-0.15, -0.1) is 0 Å². The number of hydrazine groups is 1. The van der Waals surface area contributed by atoms with Crippen LogP contribution in [-0.4, -0.2) is 48.1 Å². The molecular formula is C21H20ClN3O3. The molecule has 0 unspecified atom stereocenters. The zero-order valence-electron chi connectivity index (χ0n) is 15.4. The molecule has 3 heterocycles. The Morgan fingerprint density at radius 1 is 0.929 bits per heavy atom. The molecule has 3 aliphatic heterocycles. The molecule has 0 spiro atoms. The van der Waals surface area contributed by atoms with Gasteiger partial charge >= 0.3 is 0 Å². The van der Waals surface area contributed by atoms with Gasteiger partial charge in [0.15, 0.2) is 0 Å². The Bertz CT molecular complexity index is 948. The molecule has 3 atom stereocenters. The third kappa shape index (κ3) is 2.42. The second-order valence-corrected chi connectivity index (χ2v) is 7.76. The van der Waals surface area contributed by atoms with E-state index in [9.17, 15) is 9.59 Å². The molecule has 2 aromatic carbocycles. The van der Waals surface area contributed by atoms with Crippen LogP contribution in [0, 0.1) is 5.92 Å².